The molecule has 0 fully saturated rings. The number of carbonyl (C=O) groups is 2. The van der Waals surface area contributed by atoms with Crippen LogP contribution in [0.5, 0.6) is 0 Å². The molecule has 0 unspecified atom stereocenters. The molecule has 0 radical (unpaired) electrons. The molecule has 3 N–H and O–H groups in total. The van der Waals surface area contributed by atoms with Crippen LogP contribution in [0.1, 0.15) is 20.8 Å². The maximum atomic E-state index is 13.5. The van der Waals surface area contributed by atoms with Gasteiger partial charge in [-0.25, -0.2) is 14.0 Å². The molecular weight excluding hydrogens is 295 g/mol. The van der Waals surface area contributed by atoms with E-state index in [4.69, 9.17) is 5.11 Å². The third-order valence-electron chi connectivity index (χ3n) is 2.84. The second kappa shape index (κ2) is 6.36. The van der Waals surface area contributed by atoms with Crippen molar-refractivity contribution in [2.24, 2.45) is 0 Å². The summed E-state index contributed by atoms with van der Waals surface area (Å²) >= 11 is 1.54. The number of amides is 2. The molecule has 0 saturated heterocycles. The third kappa shape index (κ3) is 3.79. The van der Waals surface area contributed by atoms with Crippen molar-refractivity contribution in [1.82, 2.24) is 5.32 Å². The Kier molecular flexibility index (Phi) is 4.54. The van der Waals surface area contributed by atoms with Gasteiger partial charge in [0, 0.05) is 10.6 Å². The highest BCUT2D eigenvalue weighted by Gasteiger charge is 2.11. The SMILES string of the molecule is Cc1ccsc1CNC(=O)Nc1ccc(C(=O)O)c(F)c1. The van der Waals surface area contributed by atoms with Crippen LogP contribution in [0.25, 0.3) is 0 Å². The van der Waals surface area contributed by atoms with Gasteiger partial charge in [0.2, 0.25) is 0 Å². The van der Waals surface area contributed by atoms with Crippen molar-refractivity contribution in [3.63, 3.8) is 0 Å². The highest BCUT2D eigenvalue weighted by Crippen LogP contribution is 2.16. The lowest BCUT2D eigenvalue weighted by Crippen LogP contribution is -2.28. The van der Waals surface area contributed by atoms with E-state index in [1.165, 1.54) is 17.4 Å². The molecule has 2 rings (SSSR count). The van der Waals surface area contributed by atoms with E-state index in [9.17, 15) is 14.0 Å². The van der Waals surface area contributed by atoms with E-state index in [0.717, 1.165) is 22.6 Å². The molecule has 0 bridgehead atoms. The second-order valence-corrected chi connectivity index (χ2v) is 5.33. The Hall–Kier alpha value is -2.41. The zero-order valence-electron chi connectivity index (χ0n) is 11.1. The summed E-state index contributed by atoms with van der Waals surface area (Å²) in [6.07, 6.45) is 0. The van der Waals surface area contributed by atoms with E-state index in [-0.39, 0.29) is 5.69 Å². The van der Waals surface area contributed by atoms with Crippen molar-refractivity contribution in [3.05, 3.63) is 51.5 Å². The van der Waals surface area contributed by atoms with E-state index in [1.54, 1.807) is 0 Å². The number of anilines is 1. The van der Waals surface area contributed by atoms with Crippen LogP contribution in [0.15, 0.2) is 29.6 Å². The van der Waals surface area contributed by atoms with Gasteiger partial charge in [-0.1, -0.05) is 0 Å². The summed E-state index contributed by atoms with van der Waals surface area (Å²) in [5.74, 6) is -2.24. The van der Waals surface area contributed by atoms with Crippen molar-refractivity contribution in [2.75, 3.05) is 5.32 Å². The highest BCUT2D eigenvalue weighted by molar-refractivity contribution is 7.10. The first-order chi connectivity index (χ1) is 9.97. The lowest BCUT2D eigenvalue weighted by molar-refractivity contribution is 0.0692. The number of rotatable bonds is 4. The number of hydrogen-bond acceptors (Lipinski definition) is 3. The minimum atomic E-state index is -1.35. The average molecular weight is 308 g/mol. The molecule has 1 aromatic heterocycles. The van der Waals surface area contributed by atoms with Gasteiger partial charge >= 0.3 is 12.0 Å². The average Bonchev–Trinajstić information content (AvgIpc) is 2.81. The van der Waals surface area contributed by atoms with Gasteiger partial charge in [0.1, 0.15) is 5.82 Å². The molecular formula is C14H13FN2O3S. The number of hydrogen-bond donors (Lipinski definition) is 3. The number of benzene rings is 1. The van der Waals surface area contributed by atoms with Gasteiger partial charge in [-0.15, -0.1) is 11.3 Å². The molecule has 0 saturated carbocycles. The first-order valence-electron chi connectivity index (χ1n) is 6.08. The standard InChI is InChI=1S/C14H13FN2O3S/c1-8-4-5-21-12(8)7-16-14(20)17-9-2-3-10(13(18)19)11(15)6-9/h2-6H,7H2,1H3,(H,18,19)(H2,16,17,20). The largest absolute Gasteiger partial charge is 0.478 e. The smallest absolute Gasteiger partial charge is 0.338 e. The van der Waals surface area contributed by atoms with Crippen molar-refractivity contribution in [3.8, 4) is 0 Å². The Bertz CT molecular complexity index is 685. The number of carboxylic acids is 1. The summed E-state index contributed by atoms with van der Waals surface area (Å²) in [4.78, 5) is 23.4. The summed E-state index contributed by atoms with van der Waals surface area (Å²) in [5.41, 5.74) is 0.852. The van der Waals surface area contributed by atoms with Crippen LogP contribution in [0, 0.1) is 12.7 Å². The zero-order valence-corrected chi connectivity index (χ0v) is 12.0. The normalized spacial score (nSPS) is 10.2. The summed E-state index contributed by atoms with van der Waals surface area (Å²) in [7, 11) is 0. The minimum Gasteiger partial charge on any atom is -0.478 e. The highest BCUT2D eigenvalue weighted by atomic mass is 32.1. The van der Waals surface area contributed by atoms with Crippen molar-refractivity contribution in [1.29, 1.82) is 0 Å². The lowest BCUT2D eigenvalue weighted by Gasteiger charge is -2.08. The predicted octanol–water partition coefficient (Wildman–Crippen LogP) is 3.22. The van der Waals surface area contributed by atoms with Gasteiger partial charge < -0.3 is 15.7 Å². The quantitative estimate of drug-likeness (QED) is 0.811. The van der Waals surface area contributed by atoms with E-state index in [2.05, 4.69) is 10.6 Å². The Morgan fingerprint density at radius 1 is 1.33 bits per heavy atom. The van der Waals surface area contributed by atoms with E-state index in [0.29, 0.717) is 6.54 Å². The summed E-state index contributed by atoms with van der Waals surface area (Å²) < 4.78 is 13.5. The summed E-state index contributed by atoms with van der Waals surface area (Å²) in [6.45, 7) is 2.33. The molecule has 0 spiro atoms. The molecule has 0 atom stereocenters. The fraction of sp³-hybridized carbons (Fsp3) is 0.143. The molecule has 7 heteroatoms. The first-order valence-corrected chi connectivity index (χ1v) is 6.96. The maximum absolute atomic E-state index is 13.5. The first kappa shape index (κ1) is 15.0. The number of thiophene rings is 1. The van der Waals surface area contributed by atoms with Crippen molar-refractivity contribution < 1.29 is 19.1 Å². The van der Waals surface area contributed by atoms with Gasteiger partial charge in [0.25, 0.3) is 0 Å². The van der Waals surface area contributed by atoms with Crippen molar-refractivity contribution in [2.45, 2.75) is 13.5 Å². The van der Waals surface area contributed by atoms with Crippen molar-refractivity contribution >= 4 is 29.0 Å². The number of carbonyl (C=O) groups excluding carboxylic acids is 1. The molecule has 2 aromatic rings. The van der Waals surface area contributed by atoms with Crippen LogP contribution in [-0.4, -0.2) is 17.1 Å². The molecule has 1 heterocycles. The molecule has 2 amide bonds. The van der Waals surface area contributed by atoms with Crippen LogP contribution in [-0.2, 0) is 6.54 Å². The Balaban J connectivity index is 1.95. The molecule has 21 heavy (non-hydrogen) atoms. The number of aryl methyl sites for hydroxylation is 1. The Morgan fingerprint density at radius 3 is 2.67 bits per heavy atom. The summed E-state index contributed by atoms with van der Waals surface area (Å²) in [5, 5.41) is 15.8. The topological polar surface area (TPSA) is 78.4 Å². The predicted molar refractivity (Wildman–Crippen MR) is 78.3 cm³/mol. The number of nitrogens with one attached hydrogen (secondary N) is 2. The molecule has 0 aliphatic rings. The monoisotopic (exact) mass is 308 g/mol. The minimum absolute atomic E-state index is 0.193. The van der Waals surface area contributed by atoms with Gasteiger partial charge in [-0.2, -0.15) is 0 Å². The number of carboxylic acid groups (broad SMARTS) is 1. The Morgan fingerprint density at radius 2 is 2.10 bits per heavy atom. The number of halogens is 1. The van der Waals surface area contributed by atoms with Gasteiger partial charge in [0.15, 0.2) is 0 Å². The fourth-order valence-corrected chi connectivity index (χ4v) is 2.53. The Labute approximate surface area is 124 Å². The molecule has 0 aliphatic heterocycles. The molecule has 0 aliphatic carbocycles. The van der Waals surface area contributed by atoms with Crippen LogP contribution < -0.4 is 10.6 Å². The van der Waals surface area contributed by atoms with Crippen LogP contribution in [0.4, 0.5) is 14.9 Å². The van der Waals surface area contributed by atoms with Gasteiger partial charge in [-0.05, 0) is 42.1 Å². The molecule has 110 valence electrons. The van der Waals surface area contributed by atoms with Gasteiger partial charge in [-0.3, -0.25) is 0 Å². The zero-order chi connectivity index (χ0) is 15.4. The van der Waals surface area contributed by atoms with Crippen LogP contribution >= 0.6 is 11.3 Å². The van der Waals surface area contributed by atoms with E-state index < -0.39 is 23.4 Å². The van der Waals surface area contributed by atoms with Crippen LogP contribution in [0.3, 0.4) is 0 Å². The second-order valence-electron chi connectivity index (χ2n) is 4.33. The number of aromatic carboxylic acids is 1. The molecule has 1 aromatic carbocycles. The maximum Gasteiger partial charge on any atom is 0.338 e. The van der Waals surface area contributed by atoms with Crippen LogP contribution in [0.2, 0.25) is 0 Å². The molecule has 5 nitrogen and oxygen atoms in total. The van der Waals surface area contributed by atoms with E-state index >= 15 is 0 Å². The summed E-state index contributed by atoms with van der Waals surface area (Å²) in [6, 6.07) is 4.89. The third-order valence-corrected chi connectivity index (χ3v) is 3.86. The number of urea groups is 1. The lowest BCUT2D eigenvalue weighted by atomic mass is 10.2. The van der Waals surface area contributed by atoms with Gasteiger partial charge in [0.05, 0.1) is 12.1 Å². The fourth-order valence-electron chi connectivity index (χ4n) is 1.69. The van der Waals surface area contributed by atoms with E-state index in [1.807, 2.05) is 18.4 Å².